The Morgan fingerprint density at radius 1 is 1.17 bits per heavy atom. The van der Waals surface area contributed by atoms with Crippen LogP contribution < -0.4 is 15.4 Å². The molecule has 0 spiro atoms. The van der Waals surface area contributed by atoms with E-state index >= 15 is 0 Å². The molecule has 2 aromatic carbocycles. The summed E-state index contributed by atoms with van der Waals surface area (Å²) in [6.07, 6.45) is 1.13. The summed E-state index contributed by atoms with van der Waals surface area (Å²) in [7, 11) is 2.11. The van der Waals surface area contributed by atoms with Crippen LogP contribution in [0, 0.1) is 5.92 Å². The Morgan fingerprint density at radius 3 is 2.67 bits per heavy atom. The number of carbonyl (C=O) groups excluding carboxylic acids is 1. The van der Waals surface area contributed by atoms with Gasteiger partial charge < -0.3 is 20.3 Å². The van der Waals surface area contributed by atoms with Gasteiger partial charge in [-0.15, -0.1) is 0 Å². The van der Waals surface area contributed by atoms with Crippen LogP contribution in [0.2, 0.25) is 0 Å². The van der Waals surface area contributed by atoms with Gasteiger partial charge in [-0.1, -0.05) is 30.3 Å². The quantitative estimate of drug-likeness (QED) is 0.884. The van der Waals surface area contributed by atoms with E-state index in [9.17, 15) is 4.79 Å². The molecule has 1 aliphatic heterocycles. The summed E-state index contributed by atoms with van der Waals surface area (Å²) in [4.78, 5) is 14.4. The van der Waals surface area contributed by atoms with Gasteiger partial charge in [-0.2, -0.15) is 0 Å². The summed E-state index contributed by atoms with van der Waals surface area (Å²) in [5, 5.41) is 5.83. The lowest BCUT2D eigenvalue weighted by molar-refractivity contribution is 0.250. The third-order valence-electron chi connectivity index (χ3n) is 4.15. The second kappa shape index (κ2) is 7.84. The highest BCUT2D eigenvalue weighted by molar-refractivity contribution is 5.90. The molecule has 0 radical (unpaired) electrons. The normalized spacial score (nSPS) is 17.5. The van der Waals surface area contributed by atoms with Crippen LogP contribution in [-0.4, -0.2) is 37.6 Å². The summed E-state index contributed by atoms with van der Waals surface area (Å²) in [6.45, 7) is 2.83. The predicted octanol–water partition coefficient (Wildman–Crippen LogP) is 3.55. The first-order chi connectivity index (χ1) is 11.7. The maximum absolute atomic E-state index is 12.2. The molecule has 0 unspecified atom stereocenters. The lowest BCUT2D eigenvalue weighted by Crippen LogP contribution is -2.33. The van der Waals surface area contributed by atoms with Crippen LogP contribution in [0.3, 0.4) is 0 Å². The van der Waals surface area contributed by atoms with E-state index in [0.29, 0.717) is 23.9 Å². The van der Waals surface area contributed by atoms with Crippen LogP contribution >= 0.6 is 0 Å². The molecule has 2 amide bonds. The van der Waals surface area contributed by atoms with Crippen molar-refractivity contribution in [2.75, 3.05) is 32.0 Å². The van der Waals surface area contributed by atoms with Gasteiger partial charge >= 0.3 is 6.03 Å². The number of rotatable bonds is 5. The van der Waals surface area contributed by atoms with Crippen molar-refractivity contribution in [3.63, 3.8) is 0 Å². The lowest BCUT2D eigenvalue weighted by atomic mass is 10.1. The molecule has 5 heteroatoms. The molecule has 3 rings (SSSR count). The highest BCUT2D eigenvalue weighted by Gasteiger charge is 2.19. The van der Waals surface area contributed by atoms with Crippen molar-refractivity contribution >= 4 is 11.7 Å². The molecule has 126 valence electrons. The van der Waals surface area contributed by atoms with Crippen LogP contribution in [0.1, 0.15) is 6.42 Å². The maximum Gasteiger partial charge on any atom is 0.319 e. The Balaban J connectivity index is 1.57. The zero-order valence-electron chi connectivity index (χ0n) is 13.9. The van der Waals surface area contributed by atoms with Gasteiger partial charge in [0.05, 0.1) is 5.69 Å². The monoisotopic (exact) mass is 325 g/mol. The van der Waals surface area contributed by atoms with E-state index in [0.717, 1.165) is 25.3 Å². The van der Waals surface area contributed by atoms with Gasteiger partial charge in [0.2, 0.25) is 0 Å². The predicted molar refractivity (Wildman–Crippen MR) is 95.6 cm³/mol. The number of nitrogens with zero attached hydrogens (tertiary/aromatic N) is 1. The molecule has 1 fully saturated rings. The van der Waals surface area contributed by atoms with Crippen molar-refractivity contribution in [3.8, 4) is 11.5 Å². The van der Waals surface area contributed by atoms with Gasteiger partial charge in [0, 0.05) is 13.1 Å². The number of amides is 2. The largest absolute Gasteiger partial charge is 0.455 e. The van der Waals surface area contributed by atoms with Crippen molar-refractivity contribution in [2.45, 2.75) is 6.42 Å². The zero-order valence-corrected chi connectivity index (χ0v) is 13.9. The molecule has 1 atom stereocenters. The third kappa shape index (κ3) is 4.49. The average molecular weight is 325 g/mol. The van der Waals surface area contributed by atoms with Gasteiger partial charge in [-0.05, 0) is 50.2 Å². The second-order valence-corrected chi connectivity index (χ2v) is 6.16. The number of carbonyl (C=O) groups is 1. The summed E-state index contributed by atoms with van der Waals surface area (Å²) in [6, 6.07) is 16.8. The van der Waals surface area contributed by atoms with Crippen LogP contribution in [0.4, 0.5) is 10.5 Å². The smallest absolute Gasteiger partial charge is 0.319 e. The van der Waals surface area contributed by atoms with Crippen LogP contribution in [0.15, 0.2) is 54.6 Å². The van der Waals surface area contributed by atoms with E-state index in [1.165, 1.54) is 0 Å². The summed E-state index contributed by atoms with van der Waals surface area (Å²) >= 11 is 0. The fourth-order valence-electron chi connectivity index (χ4n) is 2.87. The van der Waals surface area contributed by atoms with Crippen LogP contribution in [0.25, 0.3) is 0 Å². The fourth-order valence-corrected chi connectivity index (χ4v) is 2.87. The van der Waals surface area contributed by atoms with Crippen LogP contribution in [-0.2, 0) is 0 Å². The molecule has 0 saturated carbocycles. The second-order valence-electron chi connectivity index (χ2n) is 6.16. The minimum Gasteiger partial charge on any atom is -0.455 e. The van der Waals surface area contributed by atoms with E-state index in [2.05, 4.69) is 22.6 Å². The summed E-state index contributed by atoms with van der Waals surface area (Å²) < 4.78 is 5.85. The SMILES string of the molecule is CN1CC[C@H](CNC(=O)Nc2ccccc2Oc2ccccc2)C1. The van der Waals surface area contributed by atoms with Gasteiger partial charge in [-0.25, -0.2) is 4.79 Å². The van der Waals surface area contributed by atoms with Crippen molar-refractivity contribution in [1.29, 1.82) is 0 Å². The number of benzene rings is 2. The van der Waals surface area contributed by atoms with Gasteiger partial charge in [0.1, 0.15) is 5.75 Å². The number of urea groups is 1. The van der Waals surface area contributed by atoms with Gasteiger partial charge in [0.25, 0.3) is 0 Å². The van der Waals surface area contributed by atoms with E-state index < -0.39 is 0 Å². The molecule has 1 saturated heterocycles. The minimum absolute atomic E-state index is 0.200. The van der Waals surface area contributed by atoms with Crippen molar-refractivity contribution in [3.05, 3.63) is 54.6 Å². The first kappa shape index (κ1) is 16.3. The Bertz CT molecular complexity index is 675. The highest BCUT2D eigenvalue weighted by atomic mass is 16.5. The van der Waals surface area contributed by atoms with E-state index in [1.54, 1.807) is 0 Å². The topological polar surface area (TPSA) is 53.6 Å². The summed E-state index contributed by atoms with van der Waals surface area (Å²) in [5.41, 5.74) is 0.655. The Labute approximate surface area is 142 Å². The standard InChI is InChI=1S/C19H23N3O2/c1-22-12-11-15(14-22)13-20-19(23)21-17-9-5-6-10-18(17)24-16-7-3-2-4-8-16/h2-10,15H,11-14H2,1H3,(H2,20,21,23)/t15-/m1/s1. The number of para-hydroxylation sites is 3. The van der Waals surface area contributed by atoms with E-state index in [1.807, 2.05) is 54.6 Å². The first-order valence-electron chi connectivity index (χ1n) is 8.26. The molecule has 1 aliphatic rings. The fraction of sp³-hybridized carbons (Fsp3) is 0.316. The number of anilines is 1. The molecule has 1 heterocycles. The Morgan fingerprint density at radius 2 is 1.92 bits per heavy atom. The minimum atomic E-state index is -0.200. The molecule has 0 aliphatic carbocycles. The maximum atomic E-state index is 12.2. The Hall–Kier alpha value is -2.53. The number of likely N-dealkylation sites (tertiary alicyclic amines) is 1. The van der Waals surface area contributed by atoms with Gasteiger partial charge in [0.15, 0.2) is 5.75 Å². The third-order valence-corrected chi connectivity index (χ3v) is 4.15. The first-order valence-corrected chi connectivity index (χ1v) is 8.26. The molecule has 2 N–H and O–H groups in total. The summed E-state index contributed by atoms with van der Waals surface area (Å²) in [5.74, 6) is 1.89. The number of hydrogen-bond donors (Lipinski definition) is 2. The molecule has 0 aromatic heterocycles. The molecule has 5 nitrogen and oxygen atoms in total. The van der Waals surface area contributed by atoms with E-state index in [-0.39, 0.29) is 6.03 Å². The highest BCUT2D eigenvalue weighted by Crippen LogP contribution is 2.28. The molecular weight excluding hydrogens is 302 g/mol. The Kier molecular flexibility index (Phi) is 5.33. The van der Waals surface area contributed by atoms with Crippen LogP contribution in [0.5, 0.6) is 11.5 Å². The number of ether oxygens (including phenoxy) is 1. The van der Waals surface area contributed by atoms with Crippen molar-refractivity contribution in [2.24, 2.45) is 5.92 Å². The lowest BCUT2D eigenvalue weighted by Gasteiger charge is -2.14. The number of nitrogens with one attached hydrogen (secondary N) is 2. The number of hydrogen-bond acceptors (Lipinski definition) is 3. The molecule has 2 aromatic rings. The van der Waals surface area contributed by atoms with Gasteiger partial charge in [-0.3, -0.25) is 0 Å². The molecule has 0 bridgehead atoms. The van der Waals surface area contributed by atoms with Crippen molar-refractivity contribution in [1.82, 2.24) is 10.2 Å². The zero-order chi connectivity index (χ0) is 16.8. The van der Waals surface area contributed by atoms with Crippen molar-refractivity contribution < 1.29 is 9.53 Å². The molecule has 24 heavy (non-hydrogen) atoms. The average Bonchev–Trinajstić information content (AvgIpc) is 3.01. The van der Waals surface area contributed by atoms with E-state index in [4.69, 9.17) is 4.74 Å². The molecular formula is C19H23N3O2.